The van der Waals surface area contributed by atoms with E-state index in [1.807, 2.05) is 30.3 Å². The Morgan fingerprint density at radius 3 is 2.71 bits per heavy atom. The van der Waals surface area contributed by atoms with Gasteiger partial charge >= 0.3 is 0 Å². The summed E-state index contributed by atoms with van der Waals surface area (Å²) in [6, 6.07) is 14.7. The van der Waals surface area contributed by atoms with Crippen LogP contribution in [0.5, 0.6) is 5.75 Å². The normalized spacial score (nSPS) is 14.6. The molecule has 2 aromatic rings. The average Bonchev–Trinajstić information content (AvgIpc) is 2.71. The number of rotatable bonds is 8. The summed E-state index contributed by atoms with van der Waals surface area (Å²) in [6.07, 6.45) is 4.23. The van der Waals surface area contributed by atoms with E-state index in [-0.39, 0.29) is 18.2 Å². The molecule has 28 heavy (non-hydrogen) atoms. The van der Waals surface area contributed by atoms with Crippen LogP contribution in [0.4, 0.5) is 0 Å². The SMILES string of the molecule is Cl.O=C(/C=C/c1ccccc1Cl)c1cccc(OCCCN2CCOCC2)c1. The molecule has 0 N–H and O–H groups in total. The van der Waals surface area contributed by atoms with Gasteiger partial charge in [0.1, 0.15) is 5.75 Å². The third kappa shape index (κ3) is 6.95. The standard InChI is InChI=1S/C22H24ClNO3.ClH/c23-21-8-2-1-5-18(21)9-10-22(25)19-6-3-7-20(17-19)27-14-4-11-24-12-15-26-16-13-24;/h1-3,5-10,17H,4,11-16H2;1H/b10-9+;. The number of nitrogens with zero attached hydrogens (tertiary/aromatic N) is 1. The van der Waals surface area contributed by atoms with Crippen LogP contribution in [0, 0.1) is 0 Å². The van der Waals surface area contributed by atoms with Gasteiger partial charge < -0.3 is 9.47 Å². The van der Waals surface area contributed by atoms with Crippen LogP contribution < -0.4 is 4.74 Å². The van der Waals surface area contributed by atoms with Crippen LogP contribution in [0.15, 0.2) is 54.6 Å². The number of ketones is 1. The fraction of sp³-hybridized carbons (Fsp3) is 0.318. The van der Waals surface area contributed by atoms with Crippen LogP contribution in [0.1, 0.15) is 22.3 Å². The zero-order chi connectivity index (χ0) is 18.9. The molecule has 150 valence electrons. The highest BCUT2D eigenvalue weighted by atomic mass is 35.5. The molecule has 2 aromatic carbocycles. The first-order valence-electron chi connectivity index (χ1n) is 9.22. The number of carbonyl (C=O) groups is 1. The van der Waals surface area contributed by atoms with Crippen LogP contribution in [0.2, 0.25) is 5.02 Å². The molecule has 0 aromatic heterocycles. The number of morpholine rings is 1. The minimum absolute atomic E-state index is 0. The number of ether oxygens (including phenoxy) is 2. The molecule has 0 aliphatic carbocycles. The van der Waals surface area contributed by atoms with E-state index in [4.69, 9.17) is 21.1 Å². The first-order valence-corrected chi connectivity index (χ1v) is 9.60. The molecular weight excluding hydrogens is 397 g/mol. The Morgan fingerprint density at radius 1 is 1.14 bits per heavy atom. The van der Waals surface area contributed by atoms with Gasteiger partial charge in [-0.1, -0.05) is 41.9 Å². The lowest BCUT2D eigenvalue weighted by molar-refractivity contribution is 0.0358. The Morgan fingerprint density at radius 2 is 1.93 bits per heavy atom. The van der Waals surface area contributed by atoms with Gasteiger partial charge in [-0.15, -0.1) is 12.4 Å². The van der Waals surface area contributed by atoms with E-state index in [1.165, 1.54) is 0 Å². The van der Waals surface area contributed by atoms with Crippen molar-refractivity contribution in [2.24, 2.45) is 0 Å². The fourth-order valence-corrected chi connectivity index (χ4v) is 3.11. The lowest BCUT2D eigenvalue weighted by atomic mass is 10.1. The lowest BCUT2D eigenvalue weighted by Gasteiger charge is -2.26. The minimum Gasteiger partial charge on any atom is -0.494 e. The van der Waals surface area contributed by atoms with Crippen LogP contribution in [0.25, 0.3) is 6.08 Å². The highest BCUT2D eigenvalue weighted by Crippen LogP contribution is 2.18. The number of hydrogen-bond acceptors (Lipinski definition) is 4. The van der Waals surface area contributed by atoms with Gasteiger partial charge in [-0.25, -0.2) is 0 Å². The molecule has 0 bridgehead atoms. The summed E-state index contributed by atoms with van der Waals surface area (Å²) in [6.45, 7) is 5.23. The maximum Gasteiger partial charge on any atom is 0.185 e. The molecule has 0 unspecified atom stereocenters. The fourth-order valence-electron chi connectivity index (χ4n) is 2.91. The average molecular weight is 422 g/mol. The molecule has 0 radical (unpaired) electrons. The van der Waals surface area contributed by atoms with E-state index in [9.17, 15) is 4.79 Å². The Bertz CT molecular complexity index is 789. The summed E-state index contributed by atoms with van der Waals surface area (Å²) in [7, 11) is 0. The van der Waals surface area contributed by atoms with Crippen molar-refractivity contribution >= 4 is 35.9 Å². The molecule has 3 rings (SSSR count). The van der Waals surface area contributed by atoms with Crippen LogP contribution >= 0.6 is 24.0 Å². The Balaban J connectivity index is 0.00000280. The van der Waals surface area contributed by atoms with Crippen molar-refractivity contribution < 1.29 is 14.3 Å². The zero-order valence-corrected chi connectivity index (χ0v) is 17.3. The third-order valence-corrected chi connectivity index (χ3v) is 4.77. The van der Waals surface area contributed by atoms with Crippen molar-refractivity contribution in [1.82, 2.24) is 4.90 Å². The van der Waals surface area contributed by atoms with Gasteiger partial charge in [-0.3, -0.25) is 9.69 Å². The second kappa shape index (κ2) is 11.9. The molecule has 0 atom stereocenters. The maximum absolute atomic E-state index is 12.4. The summed E-state index contributed by atoms with van der Waals surface area (Å²) in [4.78, 5) is 14.8. The van der Waals surface area contributed by atoms with E-state index < -0.39 is 0 Å². The van der Waals surface area contributed by atoms with E-state index in [2.05, 4.69) is 4.90 Å². The predicted molar refractivity (Wildman–Crippen MR) is 116 cm³/mol. The molecule has 0 amide bonds. The third-order valence-electron chi connectivity index (χ3n) is 4.43. The highest BCUT2D eigenvalue weighted by molar-refractivity contribution is 6.32. The summed E-state index contributed by atoms with van der Waals surface area (Å²) >= 11 is 6.11. The van der Waals surface area contributed by atoms with E-state index >= 15 is 0 Å². The first-order chi connectivity index (χ1) is 13.2. The predicted octanol–water partition coefficient (Wildman–Crippen LogP) is 4.76. The number of halogens is 2. The summed E-state index contributed by atoms with van der Waals surface area (Å²) < 4.78 is 11.2. The Labute approximate surface area is 177 Å². The van der Waals surface area contributed by atoms with Gasteiger partial charge in [0.25, 0.3) is 0 Å². The van der Waals surface area contributed by atoms with Gasteiger partial charge in [0.2, 0.25) is 0 Å². The lowest BCUT2D eigenvalue weighted by Crippen LogP contribution is -2.37. The summed E-state index contributed by atoms with van der Waals surface area (Å²) in [5, 5.41) is 0.624. The number of allylic oxidation sites excluding steroid dienone is 1. The van der Waals surface area contributed by atoms with Crippen LogP contribution in [0.3, 0.4) is 0 Å². The van der Waals surface area contributed by atoms with Crippen LogP contribution in [-0.4, -0.2) is 50.1 Å². The summed E-state index contributed by atoms with van der Waals surface area (Å²) in [5.41, 5.74) is 1.42. The van der Waals surface area contributed by atoms with Gasteiger partial charge in [0.15, 0.2) is 5.78 Å². The van der Waals surface area contributed by atoms with Crippen molar-refractivity contribution in [3.8, 4) is 5.75 Å². The molecule has 1 aliphatic rings. The van der Waals surface area contributed by atoms with Gasteiger partial charge in [-0.05, 0) is 42.3 Å². The second-order valence-electron chi connectivity index (χ2n) is 6.40. The topological polar surface area (TPSA) is 38.8 Å². The Kier molecular flexibility index (Phi) is 9.51. The second-order valence-corrected chi connectivity index (χ2v) is 6.81. The molecule has 1 saturated heterocycles. The zero-order valence-electron chi connectivity index (χ0n) is 15.7. The molecule has 1 aliphatic heterocycles. The quantitative estimate of drug-likeness (QED) is 0.349. The van der Waals surface area contributed by atoms with Gasteiger partial charge in [-0.2, -0.15) is 0 Å². The van der Waals surface area contributed by atoms with Crippen molar-refractivity contribution in [1.29, 1.82) is 0 Å². The van der Waals surface area contributed by atoms with Gasteiger partial charge in [0, 0.05) is 30.2 Å². The van der Waals surface area contributed by atoms with E-state index in [1.54, 1.807) is 30.4 Å². The van der Waals surface area contributed by atoms with E-state index in [0.29, 0.717) is 22.9 Å². The van der Waals surface area contributed by atoms with E-state index in [0.717, 1.165) is 44.8 Å². The smallest absolute Gasteiger partial charge is 0.185 e. The molecule has 1 fully saturated rings. The molecule has 1 heterocycles. The molecule has 4 nitrogen and oxygen atoms in total. The van der Waals surface area contributed by atoms with Crippen molar-refractivity contribution in [3.05, 3.63) is 70.8 Å². The highest BCUT2D eigenvalue weighted by Gasteiger charge is 2.09. The first kappa shape index (κ1) is 22.4. The summed E-state index contributed by atoms with van der Waals surface area (Å²) in [5.74, 6) is 0.641. The largest absolute Gasteiger partial charge is 0.494 e. The Hall–Kier alpha value is -1.85. The van der Waals surface area contributed by atoms with Crippen molar-refractivity contribution in [2.45, 2.75) is 6.42 Å². The molecular formula is C22H25Cl2NO3. The van der Waals surface area contributed by atoms with Crippen molar-refractivity contribution in [2.75, 3.05) is 39.5 Å². The minimum atomic E-state index is -0.0753. The van der Waals surface area contributed by atoms with Gasteiger partial charge in [0.05, 0.1) is 19.8 Å². The van der Waals surface area contributed by atoms with Crippen LogP contribution in [-0.2, 0) is 4.74 Å². The molecule has 0 saturated carbocycles. The molecule has 0 spiro atoms. The number of carbonyl (C=O) groups excluding carboxylic acids is 1. The monoisotopic (exact) mass is 421 g/mol. The van der Waals surface area contributed by atoms with Crippen molar-refractivity contribution in [3.63, 3.8) is 0 Å². The molecule has 6 heteroatoms. The maximum atomic E-state index is 12.4. The number of benzene rings is 2. The number of hydrogen-bond donors (Lipinski definition) is 0.